The van der Waals surface area contributed by atoms with Crippen molar-refractivity contribution in [1.29, 1.82) is 0 Å². The second kappa shape index (κ2) is 7.74. The van der Waals surface area contributed by atoms with Gasteiger partial charge >= 0.3 is 17.4 Å². The van der Waals surface area contributed by atoms with E-state index in [0.717, 1.165) is 14.0 Å². The van der Waals surface area contributed by atoms with Gasteiger partial charge in [0.15, 0.2) is 4.88 Å². The zero-order valence-corrected chi connectivity index (χ0v) is 15.7. The minimum Gasteiger partial charge on any atom is -0.377 e. The molecule has 0 radical (unpaired) electrons. The van der Waals surface area contributed by atoms with Gasteiger partial charge in [-0.1, -0.05) is 0 Å². The van der Waals surface area contributed by atoms with Gasteiger partial charge in [0, 0.05) is 25.7 Å². The quantitative estimate of drug-likeness (QED) is 0.528. The van der Waals surface area contributed by atoms with E-state index in [1.807, 2.05) is 6.26 Å². The Hall–Kier alpha value is -1.69. The lowest BCUT2D eigenvalue weighted by molar-refractivity contribution is -0.136. The van der Waals surface area contributed by atoms with Crippen molar-refractivity contribution in [2.75, 3.05) is 26.3 Å². The van der Waals surface area contributed by atoms with E-state index in [-0.39, 0.29) is 13.2 Å². The molecule has 2 aromatic rings. The van der Waals surface area contributed by atoms with Crippen molar-refractivity contribution in [2.45, 2.75) is 31.7 Å². The molecule has 7 nitrogen and oxygen atoms in total. The highest BCUT2D eigenvalue weighted by Gasteiger charge is 2.33. The number of aromatic nitrogens is 2. The van der Waals surface area contributed by atoms with E-state index in [1.54, 1.807) is 6.07 Å². The van der Waals surface area contributed by atoms with Gasteiger partial charge in [0.2, 0.25) is 0 Å². The molecule has 0 amide bonds. The zero-order valence-electron chi connectivity index (χ0n) is 14.8. The summed E-state index contributed by atoms with van der Waals surface area (Å²) in [5.74, 6) is 0. The number of hydrogen-bond acceptors (Lipinski definition) is 5. The van der Waals surface area contributed by atoms with Gasteiger partial charge < -0.3 is 15.8 Å². The first-order valence-corrected chi connectivity index (χ1v) is 10.2. The molecule has 1 unspecified atom stereocenters. The van der Waals surface area contributed by atoms with E-state index in [9.17, 15) is 22.8 Å². The number of aryl methyl sites for hydroxylation is 2. The summed E-state index contributed by atoms with van der Waals surface area (Å²) in [6.45, 7) is 1.39. The van der Waals surface area contributed by atoms with E-state index in [2.05, 4.69) is 5.32 Å². The van der Waals surface area contributed by atoms with Crippen LogP contribution in [0.4, 0.5) is 13.2 Å². The van der Waals surface area contributed by atoms with E-state index < -0.39 is 46.9 Å². The first-order chi connectivity index (χ1) is 12.7. The highest BCUT2D eigenvalue weighted by molar-refractivity contribution is 7.35. The van der Waals surface area contributed by atoms with E-state index in [0.29, 0.717) is 29.9 Å². The molecule has 3 heterocycles. The standard InChI is InChI=1S/C16H22F3N4O3S/c1-27-11(7-21-4-3-20)6-12-13(27)14(24)23(10-8-26-9-10)15(25)22(12)5-2-16(17,18)19/h6,10,21H,2-5,7-9,20H2,1H3/q+1. The third kappa shape index (κ3) is 3.96. The average molecular weight is 407 g/mol. The smallest absolute Gasteiger partial charge is 0.377 e. The van der Waals surface area contributed by atoms with Gasteiger partial charge in [-0.2, -0.15) is 13.2 Å². The molecule has 150 valence electrons. The number of halogens is 3. The summed E-state index contributed by atoms with van der Waals surface area (Å²) in [5, 5.41) is 3.13. The summed E-state index contributed by atoms with van der Waals surface area (Å²) in [4.78, 5) is 26.7. The van der Waals surface area contributed by atoms with Crippen LogP contribution in [0.2, 0.25) is 0 Å². The maximum atomic E-state index is 13.0. The van der Waals surface area contributed by atoms with Crippen LogP contribution in [-0.2, 0) is 24.1 Å². The minimum atomic E-state index is -4.39. The largest absolute Gasteiger partial charge is 0.390 e. The maximum Gasteiger partial charge on any atom is 0.390 e. The molecule has 0 aromatic carbocycles. The number of ether oxygens (including phenoxy) is 1. The molecule has 0 bridgehead atoms. The van der Waals surface area contributed by atoms with Gasteiger partial charge in [-0.15, -0.1) is 0 Å². The highest BCUT2D eigenvalue weighted by atomic mass is 32.2. The van der Waals surface area contributed by atoms with Gasteiger partial charge in [0.25, 0.3) is 4.70 Å². The maximum absolute atomic E-state index is 13.0. The lowest BCUT2D eigenvalue weighted by Crippen LogP contribution is -2.48. The lowest BCUT2D eigenvalue weighted by atomic mass is 10.2. The highest BCUT2D eigenvalue weighted by Crippen LogP contribution is 2.32. The molecule has 11 heteroatoms. The number of nitrogens with two attached hydrogens (primary N) is 1. The Kier molecular flexibility index (Phi) is 5.75. The second-order valence-electron chi connectivity index (χ2n) is 6.47. The molecule has 1 atom stereocenters. The van der Waals surface area contributed by atoms with Crippen molar-refractivity contribution in [3.63, 3.8) is 0 Å². The predicted molar refractivity (Wildman–Crippen MR) is 97.2 cm³/mol. The number of nitrogens with one attached hydrogen (secondary N) is 1. The van der Waals surface area contributed by atoms with Gasteiger partial charge in [0.05, 0.1) is 32.2 Å². The monoisotopic (exact) mass is 407 g/mol. The van der Waals surface area contributed by atoms with Crippen LogP contribution in [0.5, 0.6) is 0 Å². The van der Waals surface area contributed by atoms with Crippen LogP contribution in [0.1, 0.15) is 17.3 Å². The Morgan fingerprint density at radius 1 is 1.37 bits per heavy atom. The van der Waals surface area contributed by atoms with Crippen molar-refractivity contribution >= 4 is 20.7 Å². The summed E-state index contributed by atoms with van der Waals surface area (Å²) >= 11 is 0. The number of rotatable bonds is 7. The molecule has 0 spiro atoms. The summed E-state index contributed by atoms with van der Waals surface area (Å²) in [7, 11) is -0.606. The van der Waals surface area contributed by atoms with Gasteiger partial charge in [-0.25, -0.2) is 9.36 Å². The zero-order chi connectivity index (χ0) is 19.8. The van der Waals surface area contributed by atoms with Gasteiger partial charge in [-0.3, -0.25) is 9.36 Å². The fourth-order valence-corrected chi connectivity index (χ4v) is 4.80. The first-order valence-electron chi connectivity index (χ1n) is 8.55. The SMILES string of the molecule is C[s+]1c(CNCCN)cc2c1c(=O)n(C1COC1)c(=O)n2CCC(F)(F)F. The lowest BCUT2D eigenvalue weighted by Gasteiger charge is -2.27. The number of thiophene rings is 1. The van der Waals surface area contributed by atoms with E-state index in [1.165, 1.54) is 0 Å². The van der Waals surface area contributed by atoms with Crippen molar-refractivity contribution in [2.24, 2.45) is 12.0 Å². The molecule has 3 rings (SSSR count). The molecule has 3 N–H and O–H groups in total. The first kappa shape index (κ1) is 20.1. The molecular formula is C16H22F3N4O3S+. The predicted octanol–water partition coefficient (Wildman–Crippen LogP) is 1.02. The molecular weight excluding hydrogens is 385 g/mol. The average Bonchev–Trinajstić information content (AvgIpc) is 2.85. The van der Waals surface area contributed by atoms with Gasteiger partial charge in [-0.05, 0) is 10.5 Å². The van der Waals surface area contributed by atoms with Crippen molar-refractivity contribution < 1.29 is 17.9 Å². The van der Waals surface area contributed by atoms with Crippen LogP contribution in [-0.4, -0.2) is 41.6 Å². The molecule has 0 saturated carbocycles. The molecule has 27 heavy (non-hydrogen) atoms. The normalized spacial score (nSPS) is 16.1. The van der Waals surface area contributed by atoms with Crippen LogP contribution in [0.25, 0.3) is 10.2 Å². The summed E-state index contributed by atoms with van der Waals surface area (Å²) in [6.07, 6.45) is -3.68. The van der Waals surface area contributed by atoms with E-state index >= 15 is 0 Å². The second-order valence-corrected chi connectivity index (χ2v) is 8.42. The topological polar surface area (TPSA) is 91.3 Å². The van der Waals surface area contributed by atoms with Crippen LogP contribution < -0.4 is 22.3 Å². The Morgan fingerprint density at radius 2 is 2.07 bits per heavy atom. The third-order valence-corrected chi connectivity index (χ3v) is 6.64. The summed E-state index contributed by atoms with van der Waals surface area (Å²) in [6, 6.07) is 1.24. The molecule has 1 saturated heterocycles. The number of nitrogens with zero attached hydrogens (tertiary/aromatic N) is 2. The Morgan fingerprint density at radius 3 is 2.63 bits per heavy atom. The van der Waals surface area contributed by atoms with E-state index in [4.69, 9.17) is 10.5 Å². The number of fused-ring (bicyclic) bond motifs is 1. The summed E-state index contributed by atoms with van der Waals surface area (Å²) in [5.41, 5.74) is 4.62. The molecule has 1 fully saturated rings. The van der Waals surface area contributed by atoms with Gasteiger partial charge in [0.1, 0.15) is 11.8 Å². The number of alkyl halides is 3. The third-order valence-electron chi connectivity index (χ3n) is 4.60. The molecule has 1 aliphatic rings. The molecule has 1 aliphatic heterocycles. The van der Waals surface area contributed by atoms with Crippen LogP contribution in [0, 0.1) is 0 Å². The Balaban J connectivity index is 2.15. The number of hydrogen-bond donors (Lipinski definition) is 2. The van der Waals surface area contributed by atoms with Crippen LogP contribution >= 0.6 is 10.5 Å². The van der Waals surface area contributed by atoms with Crippen molar-refractivity contribution in [1.82, 2.24) is 14.5 Å². The minimum absolute atomic E-state index is 0.211. The molecule has 2 aromatic heterocycles. The molecule has 0 aliphatic carbocycles. The fraction of sp³-hybridized carbons (Fsp3) is 0.625. The summed E-state index contributed by atoms with van der Waals surface area (Å²) < 4.78 is 45.9. The van der Waals surface area contributed by atoms with Crippen LogP contribution in [0.15, 0.2) is 15.7 Å². The fourth-order valence-electron chi connectivity index (χ4n) is 3.09. The Bertz CT molecular complexity index is 943. The van der Waals surface area contributed by atoms with Crippen molar-refractivity contribution in [3.05, 3.63) is 31.8 Å². The Labute approximate surface area is 155 Å². The van der Waals surface area contributed by atoms with Crippen LogP contribution in [0.3, 0.4) is 0 Å². The van der Waals surface area contributed by atoms with Crippen molar-refractivity contribution in [3.8, 4) is 0 Å².